The number of aromatic hydroxyl groups is 1. The van der Waals surface area contributed by atoms with E-state index < -0.39 is 0 Å². The number of phenolic OH excluding ortho intramolecular Hbond substituents is 1. The Morgan fingerprint density at radius 2 is 2.00 bits per heavy atom. The molecule has 118 valence electrons. The molecule has 4 nitrogen and oxygen atoms in total. The Bertz CT molecular complexity index is 474. The fraction of sp³-hybridized carbons (Fsp3) is 0.625. The number of hydrogen-bond donors (Lipinski definition) is 2. The maximum atomic E-state index is 10.5. The summed E-state index contributed by atoms with van der Waals surface area (Å²) in [5.41, 5.74) is 0.955. The molecule has 0 unspecified atom stereocenters. The van der Waals surface area contributed by atoms with Crippen LogP contribution in [0.4, 0.5) is 0 Å². The van der Waals surface area contributed by atoms with Gasteiger partial charge in [0.2, 0.25) is 0 Å². The van der Waals surface area contributed by atoms with Gasteiger partial charge < -0.3 is 15.2 Å². The van der Waals surface area contributed by atoms with E-state index in [1.54, 1.807) is 7.11 Å². The smallest absolute Gasteiger partial charge is 0.134 e. The summed E-state index contributed by atoms with van der Waals surface area (Å²) in [5.74, 6) is 1.67. The highest BCUT2D eigenvalue weighted by Crippen LogP contribution is 2.40. The number of nitrogens with zero attached hydrogens (tertiary/aromatic N) is 1. The third kappa shape index (κ3) is 4.11. The summed E-state index contributed by atoms with van der Waals surface area (Å²) in [7, 11) is 1.66. The first-order valence-electron chi connectivity index (χ1n) is 7.54. The van der Waals surface area contributed by atoms with E-state index in [0.29, 0.717) is 16.1 Å². The summed E-state index contributed by atoms with van der Waals surface area (Å²) in [6.07, 6.45) is 1.02. The van der Waals surface area contributed by atoms with E-state index in [-0.39, 0.29) is 6.04 Å². The van der Waals surface area contributed by atoms with Crippen LogP contribution in [0.2, 0.25) is 0 Å². The van der Waals surface area contributed by atoms with Gasteiger partial charge in [0.05, 0.1) is 11.6 Å². The lowest BCUT2D eigenvalue weighted by Crippen LogP contribution is -2.45. The van der Waals surface area contributed by atoms with E-state index in [0.717, 1.165) is 43.9 Å². The summed E-state index contributed by atoms with van der Waals surface area (Å²) < 4.78 is 6.06. The van der Waals surface area contributed by atoms with Gasteiger partial charge in [-0.15, -0.1) is 0 Å². The van der Waals surface area contributed by atoms with Gasteiger partial charge in [-0.1, -0.05) is 13.8 Å². The van der Waals surface area contributed by atoms with Crippen molar-refractivity contribution in [2.24, 2.45) is 5.92 Å². The molecule has 0 spiro atoms. The summed E-state index contributed by atoms with van der Waals surface area (Å²) >= 11 is 3.44. The van der Waals surface area contributed by atoms with Crippen molar-refractivity contribution < 1.29 is 9.84 Å². The molecule has 1 heterocycles. The second-order valence-electron chi connectivity index (χ2n) is 5.98. The van der Waals surface area contributed by atoms with E-state index >= 15 is 0 Å². The topological polar surface area (TPSA) is 44.7 Å². The van der Waals surface area contributed by atoms with E-state index in [4.69, 9.17) is 4.74 Å². The Balaban J connectivity index is 2.37. The lowest BCUT2D eigenvalue weighted by Gasteiger charge is -2.36. The summed E-state index contributed by atoms with van der Waals surface area (Å²) in [6.45, 7) is 8.46. The van der Waals surface area contributed by atoms with Crippen molar-refractivity contribution in [3.8, 4) is 11.5 Å². The van der Waals surface area contributed by atoms with Crippen molar-refractivity contribution >= 4 is 15.9 Å². The minimum atomic E-state index is 0.221. The Hall–Kier alpha value is -0.780. The number of halogens is 1. The predicted octanol–water partition coefficient (Wildman–Crippen LogP) is 3.16. The van der Waals surface area contributed by atoms with Crippen LogP contribution in [-0.2, 0) is 0 Å². The molecule has 1 aromatic rings. The van der Waals surface area contributed by atoms with E-state index in [9.17, 15) is 5.11 Å². The number of piperazine rings is 1. The highest BCUT2D eigenvalue weighted by atomic mass is 79.9. The zero-order valence-electron chi connectivity index (χ0n) is 13.0. The molecule has 0 aliphatic carbocycles. The van der Waals surface area contributed by atoms with Crippen LogP contribution < -0.4 is 10.1 Å². The molecule has 1 aliphatic rings. The fourth-order valence-corrected chi connectivity index (χ4v) is 3.33. The zero-order chi connectivity index (χ0) is 15.4. The maximum Gasteiger partial charge on any atom is 0.134 e. The van der Waals surface area contributed by atoms with Gasteiger partial charge in [0, 0.05) is 37.8 Å². The monoisotopic (exact) mass is 356 g/mol. The Morgan fingerprint density at radius 3 is 2.57 bits per heavy atom. The van der Waals surface area contributed by atoms with E-state index in [1.807, 2.05) is 12.1 Å². The number of nitrogens with one attached hydrogen (secondary N) is 1. The quantitative estimate of drug-likeness (QED) is 0.850. The molecule has 1 fully saturated rings. The summed E-state index contributed by atoms with van der Waals surface area (Å²) in [6, 6.07) is 4.00. The van der Waals surface area contributed by atoms with Crippen LogP contribution in [0.15, 0.2) is 16.6 Å². The van der Waals surface area contributed by atoms with Crippen molar-refractivity contribution in [1.82, 2.24) is 10.2 Å². The largest absolute Gasteiger partial charge is 0.506 e. The van der Waals surface area contributed by atoms with Gasteiger partial charge in [0.25, 0.3) is 0 Å². The number of phenols is 1. The van der Waals surface area contributed by atoms with Gasteiger partial charge in [0.15, 0.2) is 0 Å². The molecule has 0 amide bonds. The molecule has 1 aliphatic heterocycles. The molecule has 21 heavy (non-hydrogen) atoms. The van der Waals surface area contributed by atoms with Gasteiger partial charge in [-0.25, -0.2) is 0 Å². The van der Waals surface area contributed by atoms with Crippen molar-refractivity contribution in [2.45, 2.75) is 26.3 Å². The number of rotatable bonds is 5. The van der Waals surface area contributed by atoms with Gasteiger partial charge in [-0.2, -0.15) is 0 Å². The first kappa shape index (κ1) is 16.6. The van der Waals surface area contributed by atoms with Gasteiger partial charge >= 0.3 is 0 Å². The van der Waals surface area contributed by atoms with Gasteiger partial charge in [0.1, 0.15) is 11.5 Å². The number of benzene rings is 1. The first-order valence-corrected chi connectivity index (χ1v) is 8.33. The van der Waals surface area contributed by atoms with Gasteiger partial charge in [-0.05, 0) is 40.4 Å². The summed E-state index contributed by atoms with van der Waals surface area (Å²) in [4.78, 5) is 2.46. The van der Waals surface area contributed by atoms with Crippen LogP contribution in [0, 0.1) is 5.92 Å². The number of methoxy groups -OCH3 is 1. The molecule has 0 aromatic heterocycles. The molecule has 0 radical (unpaired) electrons. The van der Waals surface area contributed by atoms with Crippen molar-refractivity contribution in [1.29, 1.82) is 0 Å². The standard InChI is InChI=1S/C16H25BrN2O2/c1-11(2)8-15(19-6-4-18-5-7-19)13-9-12(21-3)10-14(17)16(13)20/h9-11,15,18,20H,4-8H2,1-3H3/t15-/m1/s1. The molecule has 1 atom stereocenters. The van der Waals surface area contributed by atoms with Crippen LogP contribution in [0.1, 0.15) is 31.9 Å². The molecular formula is C16H25BrN2O2. The molecule has 1 aromatic carbocycles. The molecule has 0 saturated carbocycles. The second-order valence-corrected chi connectivity index (χ2v) is 6.83. The summed E-state index contributed by atoms with van der Waals surface area (Å²) in [5, 5.41) is 13.9. The van der Waals surface area contributed by atoms with Crippen molar-refractivity contribution in [3.63, 3.8) is 0 Å². The highest BCUT2D eigenvalue weighted by molar-refractivity contribution is 9.10. The fourth-order valence-electron chi connectivity index (χ4n) is 2.88. The average molecular weight is 357 g/mol. The van der Waals surface area contributed by atoms with E-state index in [2.05, 4.69) is 40.0 Å². The van der Waals surface area contributed by atoms with Crippen LogP contribution in [-0.4, -0.2) is 43.3 Å². The van der Waals surface area contributed by atoms with Crippen LogP contribution in [0.5, 0.6) is 11.5 Å². The minimum Gasteiger partial charge on any atom is -0.506 e. The van der Waals surface area contributed by atoms with E-state index in [1.165, 1.54) is 0 Å². The van der Waals surface area contributed by atoms with Gasteiger partial charge in [-0.3, -0.25) is 4.90 Å². The van der Waals surface area contributed by atoms with Crippen molar-refractivity contribution in [2.75, 3.05) is 33.3 Å². The third-order valence-electron chi connectivity index (χ3n) is 3.95. The predicted molar refractivity (Wildman–Crippen MR) is 89.0 cm³/mol. The lowest BCUT2D eigenvalue weighted by atomic mass is 9.94. The highest BCUT2D eigenvalue weighted by Gasteiger charge is 2.26. The Labute approximate surface area is 135 Å². The Kier molecular flexibility index (Phi) is 5.90. The molecule has 5 heteroatoms. The average Bonchev–Trinajstić information content (AvgIpc) is 2.48. The van der Waals surface area contributed by atoms with Crippen LogP contribution in [0.25, 0.3) is 0 Å². The second kappa shape index (κ2) is 7.47. The maximum absolute atomic E-state index is 10.5. The molecular weight excluding hydrogens is 332 g/mol. The van der Waals surface area contributed by atoms with Crippen LogP contribution in [0.3, 0.4) is 0 Å². The molecule has 2 N–H and O–H groups in total. The third-order valence-corrected chi connectivity index (χ3v) is 4.55. The zero-order valence-corrected chi connectivity index (χ0v) is 14.6. The Morgan fingerprint density at radius 1 is 1.33 bits per heavy atom. The lowest BCUT2D eigenvalue weighted by molar-refractivity contribution is 0.151. The normalized spacial score (nSPS) is 18.0. The van der Waals surface area contributed by atoms with Crippen molar-refractivity contribution in [3.05, 3.63) is 22.2 Å². The number of ether oxygens (including phenoxy) is 1. The molecule has 1 saturated heterocycles. The molecule has 2 rings (SSSR count). The van der Waals surface area contributed by atoms with Crippen LogP contribution >= 0.6 is 15.9 Å². The first-order chi connectivity index (χ1) is 10.0. The molecule has 0 bridgehead atoms. The number of hydrogen-bond acceptors (Lipinski definition) is 4. The minimum absolute atomic E-state index is 0.221. The SMILES string of the molecule is COc1cc(Br)c(O)c([C@@H](CC(C)C)N2CCNCC2)c1.